The number of aryl methyl sites for hydroxylation is 4. The Balaban J connectivity index is 0.000000395. The van der Waals surface area contributed by atoms with Crippen LogP contribution in [0.5, 0.6) is 0 Å². The van der Waals surface area contributed by atoms with Gasteiger partial charge >= 0.3 is 92.4 Å². The number of hydrogen-bond acceptors (Lipinski definition) is 21. The maximum absolute atomic E-state index is 12.0. The third kappa shape index (κ3) is 47.1. The van der Waals surface area contributed by atoms with E-state index in [4.69, 9.17) is 68.3 Å². The first kappa shape index (κ1) is 112. The van der Waals surface area contributed by atoms with Gasteiger partial charge in [-0.15, -0.1) is 6.58 Å². The van der Waals surface area contributed by atoms with Crippen molar-refractivity contribution in [3.05, 3.63) is 278 Å². The normalized spacial score (nSPS) is 25.2. The van der Waals surface area contributed by atoms with Gasteiger partial charge in [0.15, 0.2) is 0 Å². The maximum Gasteiger partial charge on any atom is 0.333 e. The second-order valence-corrected chi connectivity index (χ2v) is 71.5. The summed E-state index contributed by atoms with van der Waals surface area (Å²) in [7, 11) is -28.3. The summed E-state index contributed by atoms with van der Waals surface area (Å²) in [5.41, 5.74) is 8.99. The maximum atomic E-state index is 12.0. The van der Waals surface area contributed by atoms with Crippen molar-refractivity contribution in [2.45, 2.75) is 245 Å². The monoisotopic (exact) mass is 1940 g/mol. The molecule has 0 aliphatic carbocycles. The van der Waals surface area contributed by atoms with Crippen LogP contribution in [0.15, 0.2) is 250 Å². The number of esters is 4. The largest absolute Gasteiger partial charge is 0.494 e. The van der Waals surface area contributed by atoms with E-state index >= 15 is 0 Å². The highest BCUT2D eigenvalue weighted by atomic mass is 28.5. The van der Waals surface area contributed by atoms with Crippen LogP contribution < -0.4 is 0 Å². The van der Waals surface area contributed by atoms with Crippen LogP contribution in [0.3, 0.4) is 0 Å². The molecule has 2 unspecified atom stereocenters. The molecule has 8 rings (SSSR count). The molecule has 33 heteroatoms. The summed E-state index contributed by atoms with van der Waals surface area (Å²) in [5, 5.41) is 0. The van der Waals surface area contributed by atoms with Crippen LogP contribution in [0.25, 0.3) is 0 Å². The molecule has 3 aliphatic heterocycles. The van der Waals surface area contributed by atoms with Gasteiger partial charge in [0.2, 0.25) is 0 Å². The van der Waals surface area contributed by atoms with E-state index in [2.05, 4.69) is 217 Å². The van der Waals surface area contributed by atoms with Crippen molar-refractivity contribution in [3.63, 3.8) is 0 Å². The van der Waals surface area contributed by atoms with Crippen LogP contribution >= 0.6 is 0 Å². The minimum Gasteiger partial charge on any atom is -0.494 e. The van der Waals surface area contributed by atoms with E-state index in [-0.39, 0.29) is 32.4 Å². The Kier molecular flexibility index (Phi) is 51.5. The van der Waals surface area contributed by atoms with Crippen LogP contribution in [-0.2, 0) is 124 Å². The van der Waals surface area contributed by atoms with Gasteiger partial charge in [0.25, 0.3) is 37.1 Å². The van der Waals surface area contributed by atoms with E-state index in [0.717, 1.165) is 87.5 Å². The summed E-state index contributed by atoms with van der Waals surface area (Å²) < 4.78 is 107. The Morgan fingerprint density at radius 2 is 0.484 bits per heavy atom. The number of carbonyl (C=O) groups is 4. The molecule has 3 aliphatic rings. The fourth-order valence-corrected chi connectivity index (χ4v) is 73.2. The first-order chi connectivity index (χ1) is 59.5. The van der Waals surface area contributed by atoms with E-state index < -0.39 is 124 Å². The van der Waals surface area contributed by atoms with Crippen molar-refractivity contribution in [3.8, 4) is 0 Å². The molecule has 0 aromatic heterocycles. The molecular weight excluding hydrogens is 1790 g/mol. The van der Waals surface area contributed by atoms with Gasteiger partial charge in [-0.3, -0.25) is 0 Å². The highest BCUT2D eigenvalue weighted by Crippen LogP contribution is 2.42. The molecule has 3 fully saturated rings. The Morgan fingerprint density at radius 1 is 0.286 bits per heavy atom. The Labute approximate surface area is 772 Å². The van der Waals surface area contributed by atoms with Crippen molar-refractivity contribution in [2.24, 2.45) is 0 Å². The molecule has 3 saturated heterocycles. The first-order valence-corrected chi connectivity index (χ1v) is 73.0. The molecule has 0 spiro atoms. The zero-order valence-electron chi connectivity index (χ0n) is 79.0. The molecule has 3 heterocycles. The average Bonchev–Trinajstić information content (AvgIpc) is 0.756. The lowest BCUT2D eigenvalue weighted by Crippen LogP contribution is -2.67. The van der Waals surface area contributed by atoms with Crippen LogP contribution in [-0.4, -0.2) is 163 Å². The van der Waals surface area contributed by atoms with E-state index in [1.54, 1.807) is 27.7 Å². The Hall–Kier alpha value is -6.18. The molecule has 0 bridgehead atoms. The van der Waals surface area contributed by atoms with E-state index in [1.165, 1.54) is 33.9 Å². The van der Waals surface area contributed by atoms with Crippen molar-refractivity contribution in [1.29, 1.82) is 0 Å². The number of allylic oxidation sites excluding steroid dienone is 2. The molecule has 696 valence electrons. The lowest BCUT2D eigenvalue weighted by molar-refractivity contribution is -0.139. The second-order valence-electron chi connectivity index (χ2n) is 33.9. The smallest absolute Gasteiger partial charge is 0.333 e. The summed E-state index contributed by atoms with van der Waals surface area (Å²) in [6.07, 6.45) is 14.9. The van der Waals surface area contributed by atoms with Gasteiger partial charge in [-0.2, -0.15) is 0 Å². The number of hydrogen-bond donors (Lipinski definition) is 0. The van der Waals surface area contributed by atoms with Gasteiger partial charge in [0.1, 0.15) is 12.4 Å². The fraction of sp³-hybridized carbons (Fsp3) is 0.462. The van der Waals surface area contributed by atoms with Crippen LogP contribution in [0.4, 0.5) is 0 Å². The van der Waals surface area contributed by atoms with Gasteiger partial charge < -0.3 is 73.1 Å². The van der Waals surface area contributed by atoms with Crippen LogP contribution in [0, 0.1) is 0 Å². The molecule has 0 N–H and O–H groups in total. The topological polar surface area (TPSA) is 225 Å². The van der Waals surface area contributed by atoms with Crippen molar-refractivity contribution < 1.29 is 92.2 Å². The molecule has 5 aromatic carbocycles. The lowest BCUT2D eigenvalue weighted by atomic mass is 10.1. The first-order valence-electron chi connectivity index (χ1n) is 44.4. The summed E-state index contributed by atoms with van der Waals surface area (Å²) in [5.74, 6) is -1.16. The Morgan fingerprint density at radius 3 is 0.683 bits per heavy atom. The van der Waals surface area contributed by atoms with Gasteiger partial charge in [0.05, 0.1) is 26.4 Å². The number of ether oxygens (including phenoxy) is 5. The van der Waals surface area contributed by atoms with Gasteiger partial charge in [-0.1, -0.05) is 210 Å². The minimum absolute atomic E-state index is 0.189. The molecule has 0 radical (unpaired) electrons. The quantitative estimate of drug-likeness (QED) is 0.00517. The van der Waals surface area contributed by atoms with Crippen LogP contribution in [0.1, 0.15) is 114 Å². The molecule has 2 atom stereocenters. The SMILES string of the molecule is C=C(C)C(=C)OCCC[Si]1(C)O[Si](C)(CCCOC(=O)C(=C)C)O[Si](C)(CCCOC(=O)C(=C)C)O[Si](C)(CCCOC(=O)C(=C)C)O1.C=CCOC(=O)C(=C)C.C=CCc1ccccc1.C[SiH]1O[SiH](C)O[SiH](C)O[SiH](C)O1.C[Si]1(CCCc2ccccc2)O[Si](C)(CCCc2ccccc2)O[Si](C)(CCCc2ccccc2)O[Si](C)(CCCc2ccccc2)O1. The number of carbonyl (C=O) groups excluding carboxylic acids is 4. The highest BCUT2D eigenvalue weighted by molar-refractivity contribution is 6.95. The summed E-state index contributed by atoms with van der Waals surface area (Å²) in [6, 6.07) is 59.6. The van der Waals surface area contributed by atoms with E-state index in [9.17, 15) is 19.2 Å². The highest BCUT2D eigenvalue weighted by Gasteiger charge is 2.58. The van der Waals surface area contributed by atoms with Gasteiger partial charge in [-0.05, 0) is 278 Å². The van der Waals surface area contributed by atoms with Crippen LogP contribution in [0.2, 0.25) is 127 Å². The third-order valence-electron chi connectivity index (χ3n) is 20.2. The number of benzene rings is 5. The summed E-state index contributed by atoms with van der Waals surface area (Å²) >= 11 is 0. The van der Waals surface area contributed by atoms with Gasteiger partial charge in [-0.25, -0.2) is 19.2 Å². The predicted octanol–water partition coefficient (Wildman–Crippen LogP) is 21.4. The average molecular weight is 1940 g/mol. The zero-order valence-corrected chi connectivity index (χ0v) is 91.6. The second kappa shape index (κ2) is 57.9. The van der Waals surface area contributed by atoms with E-state index in [1.807, 2.05) is 83.6 Å². The Bertz CT molecular complexity index is 3690. The lowest BCUT2D eigenvalue weighted by Gasteiger charge is -2.50. The fourth-order valence-electron chi connectivity index (χ4n) is 14.7. The molecular formula is C93H150O21Si12. The molecule has 0 saturated carbocycles. The molecule has 21 nitrogen and oxygen atoms in total. The standard InChI is InChI=1S/C40H56O4Si4.C33H58O11Si4.C9H10.C7H10O2.C4H16O4Si4/c1-45(33-17-29-37-21-9-5-10-22-37)41-46(2,34-18-30-38-23-11-6-12-24-38)43-48(4,36-20-32-40-27-15-8-16-28-40)44-47(3,42-45)35-19-31-39-25-13-7-14-26-39;1-26(2)30(9)37-18-14-22-45(10)41-46(11,23-15-19-38-31(34)27(3)4)43-48(13,25-17-21-40-33(36)29(7)8)44-47(12,42-45)24-16-20-39-32(35)28(5)6;1-2-6-9-7-4-3-5-8-9;1-4-5-9-7(8)6(2)3;1-9-5-10(2)7-12(4)8-11(3)6-9/h5-16,21-28H,17-20,29-36H2,1-4H3;1,3,5,7,9,14-25H2,2,4,6,8,10-13H3;2-5,7-8H,1,6H2;4H,1-2,5H2,3H3;9-12H,1-4H3. The molecule has 126 heavy (non-hydrogen) atoms. The summed E-state index contributed by atoms with van der Waals surface area (Å²) in [4.78, 5) is 46.6. The number of rotatable bonds is 42. The molecule has 0 amide bonds. The predicted molar refractivity (Wildman–Crippen MR) is 538 cm³/mol. The summed E-state index contributed by atoms with van der Waals surface area (Å²) in [6.45, 7) is 64.2. The van der Waals surface area contributed by atoms with Crippen molar-refractivity contribution in [2.75, 3.05) is 33.0 Å². The molecule has 5 aromatic rings. The van der Waals surface area contributed by atoms with E-state index in [0.29, 0.717) is 84.5 Å². The zero-order chi connectivity index (χ0) is 93.5. The minimum atomic E-state index is -3.02. The van der Waals surface area contributed by atoms with Crippen molar-refractivity contribution >= 4 is 129 Å². The van der Waals surface area contributed by atoms with Gasteiger partial charge in [0, 0.05) is 22.3 Å². The van der Waals surface area contributed by atoms with Crippen molar-refractivity contribution in [1.82, 2.24) is 0 Å². The third-order valence-corrected chi connectivity index (χ3v) is 70.2.